The lowest BCUT2D eigenvalue weighted by Gasteiger charge is -2.34. The highest BCUT2D eigenvalue weighted by Gasteiger charge is 2.19. The molecule has 6 nitrogen and oxygen atoms in total. The number of hydrogen-bond donors (Lipinski definition) is 1. The maximum absolute atomic E-state index is 13.2. The summed E-state index contributed by atoms with van der Waals surface area (Å²) in [5, 5.41) is 2.92. The van der Waals surface area contributed by atoms with Crippen molar-refractivity contribution in [3.63, 3.8) is 0 Å². The van der Waals surface area contributed by atoms with E-state index in [4.69, 9.17) is 4.74 Å². The fourth-order valence-corrected chi connectivity index (χ4v) is 3.25. The van der Waals surface area contributed by atoms with Crippen LogP contribution in [0.3, 0.4) is 0 Å². The summed E-state index contributed by atoms with van der Waals surface area (Å²) < 4.78 is 18.3. The normalized spacial score (nSPS) is 14.7. The van der Waals surface area contributed by atoms with E-state index in [-0.39, 0.29) is 17.6 Å². The van der Waals surface area contributed by atoms with E-state index in [1.165, 1.54) is 18.2 Å². The summed E-state index contributed by atoms with van der Waals surface area (Å²) in [4.78, 5) is 28.5. The van der Waals surface area contributed by atoms with Gasteiger partial charge < -0.3 is 15.0 Å². The first-order valence-electron chi connectivity index (χ1n) is 9.92. The van der Waals surface area contributed by atoms with Crippen molar-refractivity contribution in [2.75, 3.05) is 46.4 Å². The van der Waals surface area contributed by atoms with Crippen molar-refractivity contribution in [3.8, 4) is 5.75 Å². The highest BCUT2D eigenvalue weighted by Crippen LogP contribution is 2.11. The molecule has 30 heavy (non-hydrogen) atoms. The summed E-state index contributed by atoms with van der Waals surface area (Å²) in [5.41, 5.74) is 1.26. The van der Waals surface area contributed by atoms with Crippen LogP contribution in [-0.2, 0) is 4.79 Å². The molecule has 0 bridgehead atoms. The Hall–Kier alpha value is -3.19. The molecule has 1 aliphatic heterocycles. The Bertz CT molecular complexity index is 891. The predicted octanol–water partition coefficient (Wildman–Crippen LogP) is 2.42. The molecule has 2 aromatic rings. The Morgan fingerprint density at radius 2 is 1.83 bits per heavy atom. The van der Waals surface area contributed by atoms with E-state index in [0.717, 1.165) is 19.6 Å². The quantitative estimate of drug-likeness (QED) is 0.711. The first kappa shape index (κ1) is 21.5. The number of nitrogens with zero attached hydrogens (tertiary/aromatic N) is 2. The molecule has 2 aromatic carbocycles. The minimum Gasteiger partial charge on any atom is -0.497 e. The van der Waals surface area contributed by atoms with Gasteiger partial charge in [-0.1, -0.05) is 12.1 Å². The van der Waals surface area contributed by atoms with E-state index >= 15 is 0 Å². The van der Waals surface area contributed by atoms with Gasteiger partial charge >= 0.3 is 0 Å². The van der Waals surface area contributed by atoms with Gasteiger partial charge in [0.05, 0.1) is 7.11 Å². The number of nitrogens with one attached hydrogen (secondary N) is 1. The minimum atomic E-state index is -0.322. The maximum atomic E-state index is 13.2. The average Bonchev–Trinajstić information content (AvgIpc) is 2.78. The van der Waals surface area contributed by atoms with E-state index in [2.05, 4.69) is 10.2 Å². The number of carbonyl (C=O) groups excluding carboxylic acids is 2. The lowest BCUT2D eigenvalue weighted by atomic mass is 10.2. The molecule has 0 aromatic heterocycles. The Kier molecular flexibility index (Phi) is 7.57. The van der Waals surface area contributed by atoms with Gasteiger partial charge in [-0.05, 0) is 48.0 Å². The van der Waals surface area contributed by atoms with Crippen LogP contribution in [0.5, 0.6) is 5.75 Å². The number of methoxy groups -OCH3 is 1. The van der Waals surface area contributed by atoms with Crippen LogP contribution >= 0.6 is 0 Å². The number of ether oxygens (including phenoxy) is 1. The number of benzene rings is 2. The molecule has 1 N–H and O–H groups in total. The van der Waals surface area contributed by atoms with Gasteiger partial charge in [0.25, 0.3) is 5.91 Å². The zero-order chi connectivity index (χ0) is 21.3. The van der Waals surface area contributed by atoms with Crippen LogP contribution in [-0.4, -0.2) is 68.0 Å². The molecule has 2 amide bonds. The van der Waals surface area contributed by atoms with Crippen molar-refractivity contribution < 1.29 is 18.7 Å². The molecule has 0 spiro atoms. The van der Waals surface area contributed by atoms with Crippen molar-refractivity contribution in [3.05, 3.63) is 71.6 Å². The Balaban J connectivity index is 1.37. The zero-order valence-corrected chi connectivity index (χ0v) is 17.0. The number of amides is 2. The summed E-state index contributed by atoms with van der Waals surface area (Å²) in [6.45, 7) is 4.01. The van der Waals surface area contributed by atoms with Crippen molar-refractivity contribution in [1.82, 2.24) is 15.1 Å². The molecule has 0 radical (unpaired) electrons. The van der Waals surface area contributed by atoms with Gasteiger partial charge in [0.2, 0.25) is 5.91 Å². The topological polar surface area (TPSA) is 61.9 Å². The van der Waals surface area contributed by atoms with Crippen LogP contribution in [0.4, 0.5) is 4.39 Å². The predicted molar refractivity (Wildman–Crippen MR) is 114 cm³/mol. The third-order valence-corrected chi connectivity index (χ3v) is 5.02. The second-order valence-corrected chi connectivity index (χ2v) is 7.04. The number of hydrogen-bond acceptors (Lipinski definition) is 4. The highest BCUT2D eigenvalue weighted by atomic mass is 19.1. The molecule has 0 unspecified atom stereocenters. The molecule has 1 heterocycles. The number of halogens is 1. The van der Waals surface area contributed by atoms with Gasteiger partial charge in [-0.15, -0.1) is 0 Å². The van der Waals surface area contributed by atoms with Crippen molar-refractivity contribution in [2.24, 2.45) is 0 Å². The van der Waals surface area contributed by atoms with Crippen LogP contribution in [0, 0.1) is 5.82 Å². The third kappa shape index (κ3) is 6.15. The van der Waals surface area contributed by atoms with Gasteiger partial charge in [-0.2, -0.15) is 0 Å². The first-order chi connectivity index (χ1) is 14.5. The van der Waals surface area contributed by atoms with Gasteiger partial charge in [-0.3, -0.25) is 14.5 Å². The Morgan fingerprint density at radius 1 is 1.10 bits per heavy atom. The van der Waals surface area contributed by atoms with Crippen LogP contribution in [0.25, 0.3) is 6.08 Å². The number of carbonyl (C=O) groups is 2. The van der Waals surface area contributed by atoms with E-state index in [0.29, 0.717) is 36.5 Å². The molecule has 1 fully saturated rings. The molecule has 0 aliphatic carbocycles. The number of rotatable bonds is 7. The molecule has 1 saturated heterocycles. The van der Waals surface area contributed by atoms with E-state index in [9.17, 15) is 14.0 Å². The molecule has 158 valence electrons. The minimum absolute atomic E-state index is 0.0771. The Morgan fingerprint density at radius 3 is 2.50 bits per heavy atom. The van der Waals surface area contributed by atoms with Gasteiger partial charge in [0.15, 0.2) is 0 Å². The molecule has 0 atom stereocenters. The Labute approximate surface area is 175 Å². The van der Waals surface area contributed by atoms with Crippen molar-refractivity contribution in [2.45, 2.75) is 0 Å². The van der Waals surface area contributed by atoms with Crippen LogP contribution in [0.2, 0.25) is 0 Å². The SMILES string of the molecule is COc1ccc(C(=O)NCCN2CCN(C(=O)/C=C/c3cccc(F)c3)CC2)cc1. The summed E-state index contributed by atoms with van der Waals surface area (Å²) in [6, 6.07) is 13.1. The van der Waals surface area contributed by atoms with Gasteiger partial charge in [-0.25, -0.2) is 4.39 Å². The lowest BCUT2D eigenvalue weighted by molar-refractivity contribution is -0.127. The van der Waals surface area contributed by atoms with Crippen molar-refractivity contribution in [1.29, 1.82) is 0 Å². The average molecular weight is 411 g/mol. The number of piperazine rings is 1. The molecular weight excluding hydrogens is 385 g/mol. The molecule has 1 aliphatic rings. The monoisotopic (exact) mass is 411 g/mol. The second kappa shape index (κ2) is 10.5. The fraction of sp³-hybridized carbons (Fsp3) is 0.304. The molecule has 0 saturated carbocycles. The summed E-state index contributed by atoms with van der Waals surface area (Å²) in [6.07, 6.45) is 3.12. The van der Waals surface area contributed by atoms with Crippen LogP contribution in [0.15, 0.2) is 54.6 Å². The zero-order valence-electron chi connectivity index (χ0n) is 17.0. The first-order valence-corrected chi connectivity index (χ1v) is 9.92. The lowest BCUT2D eigenvalue weighted by Crippen LogP contribution is -2.49. The van der Waals surface area contributed by atoms with Crippen molar-refractivity contribution >= 4 is 17.9 Å². The van der Waals surface area contributed by atoms with E-state index in [1.54, 1.807) is 54.5 Å². The summed E-state index contributed by atoms with van der Waals surface area (Å²) >= 11 is 0. The maximum Gasteiger partial charge on any atom is 0.251 e. The summed E-state index contributed by atoms with van der Waals surface area (Å²) in [5.74, 6) is 0.197. The van der Waals surface area contributed by atoms with E-state index in [1.807, 2.05) is 0 Å². The van der Waals surface area contributed by atoms with Crippen LogP contribution < -0.4 is 10.1 Å². The van der Waals surface area contributed by atoms with Gasteiger partial charge in [0.1, 0.15) is 11.6 Å². The van der Waals surface area contributed by atoms with Gasteiger partial charge in [0, 0.05) is 50.9 Å². The molecule has 3 rings (SSSR count). The smallest absolute Gasteiger partial charge is 0.251 e. The molecular formula is C23H26FN3O3. The standard InChI is InChI=1S/C23H26FN3O3/c1-30-21-8-6-19(7-9-21)23(29)25-11-12-26-13-15-27(16-14-26)22(28)10-5-18-3-2-4-20(24)17-18/h2-10,17H,11-16H2,1H3,(H,25,29)/b10-5+. The largest absolute Gasteiger partial charge is 0.497 e. The molecule has 7 heteroatoms. The fourth-order valence-electron chi connectivity index (χ4n) is 3.25. The second-order valence-electron chi connectivity index (χ2n) is 7.04. The summed E-state index contributed by atoms with van der Waals surface area (Å²) in [7, 11) is 1.59. The highest BCUT2D eigenvalue weighted by molar-refractivity contribution is 5.94. The van der Waals surface area contributed by atoms with Crippen LogP contribution in [0.1, 0.15) is 15.9 Å². The van der Waals surface area contributed by atoms with E-state index < -0.39 is 0 Å². The third-order valence-electron chi connectivity index (χ3n) is 5.02.